The van der Waals surface area contributed by atoms with Crippen molar-refractivity contribution in [2.45, 2.75) is 0 Å². The fourth-order valence-corrected chi connectivity index (χ4v) is 8.41. The van der Waals surface area contributed by atoms with Crippen molar-refractivity contribution in [2.24, 2.45) is 0 Å². The Morgan fingerprint density at radius 1 is 0.224 bits per heavy atom. The van der Waals surface area contributed by atoms with E-state index in [9.17, 15) is 0 Å². The topological polar surface area (TPSA) is 13.1 Å². The Labute approximate surface area is 282 Å². The highest BCUT2D eigenvalue weighted by Crippen LogP contribution is 2.44. The van der Waals surface area contributed by atoms with Crippen LogP contribution in [0.3, 0.4) is 0 Å². The number of hydrogen-bond acceptors (Lipinski definition) is 1. The van der Waals surface area contributed by atoms with Gasteiger partial charge in [0, 0.05) is 21.9 Å². The zero-order valence-electron chi connectivity index (χ0n) is 26.6. The van der Waals surface area contributed by atoms with Gasteiger partial charge in [-0.2, -0.15) is 0 Å². The predicted octanol–water partition coefficient (Wildman–Crippen LogP) is 13.8. The highest BCUT2D eigenvalue weighted by atomic mass is 16.3. The second kappa shape index (κ2) is 10.0. The molecule has 0 aliphatic carbocycles. The summed E-state index contributed by atoms with van der Waals surface area (Å²) in [6.45, 7) is 0. The lowest BCUT2D eigenvalue weighted by Crippen LogP contribution is -1.88. The highest BCUT2D eigenvalue weighted by Gasteiger charge is 2.18. The lowest BCUT2D eigenvalue weighted by atomic mass is 9.88. The summed E-state index contributed by atoms with van der Waals surface area (Å²) in [6.07, 6.45) is 0. The first kappa shape index (κ1) is 26.6. The molecule has 0 N–H and O–H groups in total. The van der Waals surface area contributed by atoms with Gasteiger partial charge in [-0.3, -0.25) is 0 Å². The molecule has 0 aliphatic heterocycles. The first-order valence-electron chi connectivity index (χ1n) is 16.9. The normalized spacial score (nSPS) is 12.1. The molecule has 0 aliphatic rings. The van der Waals surface area contributed by atoms with Gasteiger partial charge in [0.05, 0.1) is 0 Å². The fourth-order valence-electron chi connectivity index (χ4n) is 8.41. The molecule has 0 bridgehead atoms. The first-order chi connectivity index (χ1) is 24.3. The molecular formula is C48H28O. The van der Waals surface area contributed by atoms with Gasteiger partial charge in [-0.1, -0.05) is 152 Å². The van der Waals surface area contributed by atoms with E-state index in [0.29, 0.717) is 0 Å². The van der Waals surface area contributed by atoms with Gasteiger partial charge in [-0.25, -0.2) is 0 Å². The van der Waals surface area contributed by atoms with Gasteiger partial charge in [0.1, 0.15) is 11.2 Å². The van der Waals surface area contributed by atoms with Crippen LogP contribution in [-0.2, 0) is 0 Å². The Morgan fingerprint density at radius 2 is 0.592 bits per heavy atom. The Kier molecular flexibility index (Phi) is 5.45. The molecule has 0 fully saturated rings. The number of furan rings is 1. The molecule has 11 aromatic rings. The van der Waals surface area contributed by atoms with E-state index in [0.717, 1.165) is 44.2 Å². The molecule has 1 heterocycles. The Hall–Kier alpha value is -6.44. The number of rotatable bonds is 2. The van der Waals surface area contributed by atoms with Crippen LogP contribution in [0.5, 0.6) is 0 Å². The molecule has 0 saturated heterocycles. The van der Waals surface area contributed by atoms with Crippen molar-refractivity contribution in [3.05, 3.63) is 170 Å². The fraction of sp³-hybridized carbons (Fsp3) is 0. The molecule has 226 valence electrons. The molecule has 0 unspecified atom stereocenters. The van der Waals surface area contributed by atoms with Gasteiger partial charge in [0.15, 0.2) is 0 Å². The van der Waals surface area contributed by atoms with Crippen molar-refractivity contribution in [2.75, 3.05) is 0 Å². The minimum absolute atomic E-state index is 0.926. The highest BCUT2D eigenvalue weighted by molar-refractivity contribution is 6.33. The molecular weight excluding hydrogens is 593 g/mol. The minimum atomic E-state index is 0.926. The molecule has 1 aromatic heterocycles. The molecule has 0 spiro atoms. The van der Waals surface area contributed by atoms with Crippen LogP contribution in [0, 0.1) is 0 Å². The molecule has 0 amide bonds. The lowest BCUT2D eigenvalue weighted by molar-refractivity contribution is 0.671. The van der Waals surface area contributed by atoms with Gasteiger partial charge in [0.25, 0.3) is 0 Å². The van der Waals surface area contributed by atoms with E-state index >= 15 is 0 Å². The third-order valence-electron chi connectivity index (χ3n) is 10.6. The summed E-state index contributed by atoms with van der Waals surface area (Å²) in [4.78, 5) is 0. The number of fused-ring (bicyclic) bond motifs is 15. The number of para-hydroxylation sites is 2. The summed E-state index contributed by atoms with van der Waals surface area (Å²) in [5.74, 6) is 0. The van der Waals surface area contributed by atoms with Gasteiger partial charge in [0.2, 0.25) is 0 Å². The summed E-state index contributed by atoms with van der Waals surface area (Å²) in [5, 5.41) is 17.7. The van der Waals surface area contributed by atoms with E-state index in [-0.39, 0.29) is 0 Å². The van der Waals surface area contributed by atoms with E-state index in [1.54, 1.807) is 0 Å². The third kappa shape index (κ3) is 3.76. The minimum Gasteiger partial charge on any atom is -0.455 e. The summed E-state index contributed by atoms with van der Waals surface area (Å²) in [5.41, 5.74) is 6.39. The average Bonchev–Trinajstić information content (AvgIpc) is 3.57. The van der Waals surface area contributed by atoms with Gasteiger partial charge < -0.3 is 4.42 Å². The molecule has 1 heteroatoms. The second-order valence-electron chi connectivity index (χ2n) is 13.2. The summed E-state index contributed by atoms with van der Waals surface area (Å²) >= 11 is 0. The SMILES string of the molecule is c1ccc(-c2cccc3c2oc2c(-c4ccc5c(c4)c4ccccc4c4cc6c7ccccc7c7ccccc7c6cc54)cccc23)cc1. The maximum absolute atomic E-state index is 6.82. The molecule has 0 radical (unpaired) electrons. The summed E-state index contributed by atoms with van der Waals surface area (Å²) in [7, 11) is 0. The Morgan fingerprint density at radius 3 is 1.08 bits per heavy atom. The Balaban J connectivity index is 1.21. The summed E-state index contributed by atoms with van der Waals surface area (Å²) < 4.78 is 6.82. The van der Waals surface area contributed by atoms with Crippen molar-refractivity contribution in [3.63, 3.8) is 0 Å². The van der Waals surface area contributed by atoms with Crippen molar-refractivity contribution >= 4 is 86.6 Å². The smallest absolute Gasteiger partial charge is 0.143 e. The zero-order valence-corrected chi connectivity index (χ0v) is 26.6. The van der Waals surface area contributed by atoms with Crippen LogP contribution in [0.2, 0.25) is 0 Å². The van der Waals surface area contributed by atoms with Crippen molar-refractivity contribution < 1.29 is 4.42 Å². The molecule has 10 aromatic carbocycles. The van der Waals surface area contributed by atoms with E-state index in [4.69, 9.17) is 4.42 Å². The molecule has 1 nitrogen and oxygen atoms in total. The van der Waals surface area contributed by atoms with Gasteiger partial charge in [-0.15, -0.1) is 0 Å². The van der Waals surface area contributed by atoms with Crippen molar-refractivity contribution in [1.29, 1.82) is 0 Å². The molecule has 49 heavy (non-hydrogen) atoms. The largest absolute Gasteiger partial charge is 0.455 e. The van der Waals surface area contributed by atoms with E-state index < -0.39 is 0 Å². The molecule has 0 atom stereocenters. The van der Waals surface area contributed by atoms with Crippen LogP contribution in [0.1, 0.15) is 0 Å². The van der Waals surface area contributed by atoms with Crippen LogP contribution < -0.4 is 0 Å². The van der Waals surface area contributed by atoms with E-state index in [2.05, 4.69) is 170 Å². The number of benzene rings is 10. The zero-order chi connectivity index (χ0) is 32.1. The maximum atomic E-state index is 6.82. The predicted molar refractivity (Wildman–Crippen MR) is 210 cm³/mol. The summed E-state index contributed by atoms with van der Waals surface area (Å²) in [6, 6.07) is 61.9. The maximum Gasteiger partial charge on any atom is 0.143 e. The second-order valence-corrected chi connectivity index (χ2v) is 13.2. The van der Waals surface area contributed by atoms with E-state index in [1.807, 2.05) is 0 Å². The van der Waals surface area contributed by atoms with Crippen LogP contribution in [0.4, 0.5) is 0 Å². The monoisotopic (exact) mass is 620 g/mol. The third-order valence-corrected chi connectivity index (χ3v) is 10.6. The van der Waals surface area contributed by atoms with Crippen LogP contribution in [-0.4, -0.2) is 0 Å². The van der Waals surface area contributed by atoms with Gasteiger partial charge in [-0.05, 0) is 94.0 Å². The Bertz CT molecular complexity index is 3150. The van der Waals surface area contributed by atoms with Crippen LogP contribution >= 0.6 is 0 Å². The lowest BCUT2D eigenvalue weighted by Gasteiger charge is -2.16. The van der Waals surface area contributed by atoms with Crippen LogP contribution in [0.25, 0.3) is 109 Å². The molecule has 0 saturated carbocycles. The van der Waals surface area contributed by atoms with E-state index in [1.165, 1.54) is 64.6 Å². The molecule has 11 rings (SSSR count). The number of hydrogen-bond donors (Lipinski definition) is 0. The van der Waals surface area contributed by atoms with Crippen LogP contribution in [0.15, 0.2) is 174 Å². The van der Waals surface area contributed by atoms with Gasteiger partial charge >= 0.3 is 0 Å². The average molecular weight is 621 g/mol. The van der Waals surface area contributed by atoms with Crippen molar-refractivity contribution in [1.82, 2.24) is 0 Å². The quantitative estimate of drug-likeness (QED) is 0.138. The standard InChI is InChI=1S/C48H28O/c1-2-12-29(13-3-1)31-20-10-22-40-41-23-11-21-32(48(41)49-47(31)40)30-24-25-39-42(26-30)37-18-8-9-19-38(37)45-27-43-35-16-6-4-14-33(35)34-15-5-7-17-36(34)44(43)28-46(39)45/h1-28H. The van der Waals surface area contributed by atoms with Crippen molar-refractivity contribution in [3.8, 4) is 22.3 Å². The first-order valence-corrected chi connectivity index (χ1v) is 16.9.